The first-order valence-corrected chi connectivity index (χ1v) is 7.70. The minimum Gasteiger partial charge on any atom is -0.493 e. The Labute approximate surface area is 148 Å². The topological polar surface area (TPSA) is 42.2 Å². The standard InChI is InChI=1S/C19H13BrFNO2/c1-3-7-24-19-11-17(20)14(10-18(19)23-2)8-15(12-22)13-5-4-6-16(21)9-13/h1,4-6,8-11H,7H2,2H3/b15-8-. The molecule has 0 unspecified atom stereocenters. The molecule has 0 radical (unpaired) electrons. The molecule has 0 atom stereocenters. The van der Waals surface area contributed by atoms with Gasteiger partial charge in [-0.3, -0.25) is 0 Å². The summed E-state index contributed by atoms with van der Waals surface area (Å²) in [6.07, 6.45) is 6.84. The molecular weight excluding hydrogens is 373 g/mol. The van der Waals surface area contributed by atoms with Gasteiger partial charge in [-0.05, 0) is 41.5 Å². The molecule has 0 fully saturated rings. The minimum absolute atomic E-state index is 0.116. The SMILES string of the molecule is C#CCOc1cc(Br)c(/C=C(/C#N)c2cccc(F)c2)cc1OC. The lowest BCUT2D eigenvalue weighted by molar-refractivity contribution is 0.330. The van der Waals surface area contributed by atoms with Gasteiger partial charge in [0.15, 0.2) is 11.5 Å². The Morgan fingerprint density at radius 2 is 2.12 bits per heavy atom. The molecule has 2 aromatic carbocycles. The van der Waals surface area contributed by atoms with Crippen LogP contribution < -0.4 is 9.47 Å². The normalized spacial score (nSPS) is 10.6. The molecule has 2 rings (SSSR count). The van der Waals surface area contributed by atoms with Crippen LogP contribution in [0.4, 0.5) is 4.39 Å². The number of terminal acetylenes is 1. The lowest BCUT2D eigenvalue weighted by Crippen LogP contribution is -1.97. The van der Waals surface area contributed by atoms with E-state index in [9.17, 15) is 9.65 Å². The molecular formula is C19H13BrFNO2. The highest BCUT2D eigenvalue weighted by Crippen LogP contribution is 2.35. The summed E-state index contributed by atoms with van der Waals surface area (Å²) < 4.78 is 24.8. The number of nitriles is 1. The van der Waals surface area contributed by atoms with Crippen molar-refractivity contribution in [1.29, 1.82) is 5.26 Å². The predicted octanol–water partition coefficient (Wildman–Crippen LogP) is 4.67. The molecule has 0 spiro atoms. The van der Waals surface area contributed by atoms with Gasteiger partial charge in [-0.15, -0.1) is 6.42 Å². The second kappa shape index (κ2) is 8.19. The van der Waals surface area contributed by atoms with Gasteiger partial charge in [-0.1, -0.05) is 34.0 Å². The van der Waals surface area contributed by atoms with E-state index in [2.05, 4.69) is 27.9 Å². The summed E-state index contributed by atoms with van der Waals surface area (Å²) in [6, 6.07) is 11.4. The molecule has 0 bridgehead atoms. The second-order valence-corrected chi connectivity index (χ2v) is 5.55. The smallest absolute Gasteiger partial charge is 0.163 e. The van der Waals surface area contributed by atoms with Crippen molar-refractivity contribution in [3.63, 3.8) is 0 Å². The molecule has 2 aromatic rings. The molecule has 120 valence electrons. The lowest BCUT2D eigenvalue weighted by Gasteiger charge is -2.11. The Kier molecular flexibility index (Phi) is 6.01. The highest BCUT2D eigenvalue weighted by Gasteiger charge is 2.11. The zero-order valence-electron chi connectivity index (χ0n) is 12.8. The van der Waals surface area contributed by atoms with Crippen LogP contribution in [0.25, 0.3) is 11.6 Å². The molecule has 24 heavy (non-hydrogen) atoms. The number of hydrogen-bond acceptors (Lipinski definition) is 3. The van der Waals surface area contributed by atoms with Gasteiger partial charge in [-0.2, -0.15) is 5.26 Å². The largest absolute Gasteiger partial charge is 0.493 e. The number of benzene rings is 2. The molecule has 0 heterocycles. The van der Waals surface area contributed by atoms with Crippen LogP contribution in [-0.2, 0) is 0 Å². The Morgan fingerprint density at radius 1 is 1.33 bits per heavy atom. The summed E-state index contributed by atoms with van der Waals surface area (Å²) in [7, 11) is 1.51. The lowest BCUT2D eigenvalue weighted by atomic mass is 10.0. The van der Waals surface area contributed by atoms with Crippen molar-refractivity contribution in [2.75, 3.05) is 13.7 Å². The third-order valence-electron chi connectivity index (χ3n) is 3.15. The van der Waals surface area contributed by atoms with Gasteiger partial charge in [0.05, 0.1) is 18.8 Å². The van der Waals surface area contributed by atoms with Crippen LogP contribution in [0.5, 0.6) is 11.5 Å². The van der Waals surface area contributed by atoms with Crippen molar-refractivity contribution in [3.05, 3.63) is 57.8 Å². The first-order valence-electron chi connectivity index (χ1n) is 6.90. The summed E-state index contributed by atoms with van der Waals surface area (Å²) in [5.41, 5.74) is 1.52. The minimum atomic E-state index is -0.400. The molecule has 0 aliphatic carbocycles. The van der Waals surface area contributed by atoms with Gasteiger partial charge in [0.25, 0.3) is 0 Å². The first-order chi connectivity index (χ1) is 11.6. The Bertz CT molecular complexity index is 863. The van der Waals surface area contributed by atoms with Crippen LogP contribution in [-0.4, -0.2) is 13.7 Å². The quantitative estimate of drug-likeness (QED) is 0.426. The Morgan fingerprint density at radius 3 is 2.75 bits per heavy atom. The van der Waals surface area contributed by atoms with Crippen molar-refractivity contribution in [2.24, 2.45) is 0 Å². The van der Waals surface area contributed by atoms with Gasteiger partial charge >= 0.3 is 0 Å². The van der Waals surface area contributed by atoms with Crippen LogP contribution >= 0.6 is 15.9 Å². The zero-order chi connectivity index (χ0) is 17.5. The van der Waals surface area contributed by atoms with Gasteiger partial charge < -0.3 is 9.47 Å². The van der Waals surface area contributed by atoms with Crippen molar-refractivity contribution in [3.8, 4) is 29.9 Å². The van der Waals surface area contributed by atoms with E-state index in [1.807, 2.05) is 0 Å². The molecule has 0 aliphatic heterocycles. The molecule has 0 amide bonds. The second-order valence-electron chi connectivity index (χ2n) is 4.70. The molecule has 0 saturated carbocycles. The molecule has 0 aliphatic rings. The summed E-state index contributed by atoms with van der Waals surface area (Å²) >= 11 is 3.43. The van der Waals surface area contributed by atoms with Crippen LogP contribution in [0.1, 0.15) is 11.1 Å². The predicted molar refractivity (Wildman–Crippen MR) is 94.9 cm³/mol. The molecule has 0 saturated heterocycles. The first kappa shape index (κ1) is 17.6. The van der Waals surface area contributed by atoms with E-state index >= 15 is 0 Å². The maximum absolute atomic E-state index is 13.4. The molecule has 3 nitrogen and oxygen atoms in total. The third kappa shape index (κ3) is 4.16. The highest BCUT2D eigenvalue weighted by atomic mass is 79.9. The number of rotatable bonds is 5. The van der Waals surface area contributed by atoms with Crippen molar-refractivity contribution < 1.29 is 13.9 Å². The van der Waals surface area contributed by atoms with Gasteiger partial charge in [-0.25, -0.2) is 4.39 Å². The van der Waals surface area contributed by atoms with Crippen LogP contribution in [0.3, 0.4) is 0 Å². The van der Waals surface area contributed by atoms with E-state index in [4.69, 9.17) is 15.9 Å². The van der Waals surface area contributed by atoms with Crippen molar-refractivity contribution in [1.82, 2.24) is 0 Å². The number of nitrogens with zero attached hydrogens (tertiary/aromatic N) is 1. The fourth-order valence-corrected chi connectivity index (χ4v) is 2.48. The average Bonchev–Trinajstić information content (AvgIpc) is 2.59. The Hall–Kier alpha value is -2.76. The maximum Gasteiger partial charge on any atom is 0.163 e. The molecule has 0 aromatic heterocycles. The van der Waals surface area contributed by atoms with Gasteiger partial charge in [0, 0.05) is 4.47 Å². The summed E-state index contributed by atoms with van der Waals surface area (Å²) in [4.78, 5) is 0. The van der Waals surface area contributed by atoms with E-state index in [0.29, 0.717) is 32.7 Å². The summed E-state index contributed by atoms with van der Waals surface area (Å²) in [5, 5.41) is 9.39. The number of ether oxygens (including phenoxy) is 2. The number of methoxy groups -OCH3 is 1. The van der Waals surface area contributed by atoms with Crippen LogP contribution in [0.2, 0.25) is 0 Å². The van der Waals surface area contributed by atoms with E-state index < -0.39 is 5.82 Å². The maximum atomic E-state index is 13.4. The molecule has 5 heteroatoms. The zero-order valence-corrected chi connectivity index (χ0v) is 14.4. The monoisotopic (exact) mass is 385 g/mol. The number of allylic oxidation sites excluding steroid dienone is 1. The van der Waals surface area contributed by atoms with Crippen molar-refractivity contribution >= 4 is 27.6 Å². The van der Waals surface area contributed by atoms with Gasteiger partial charge in [0.2, 0.25) is 0 Å². The van der Waals surface area contributed by atoms with E-state index in [0.717, 1.165) is 0 Å². The fraction of sp³-hybridized carbons (Fsp3) is 0.105. The number of halogens is 2. The molecule has 0 N–H and O–H groups in total. The summed E-state index contributed by atoms with van der Waals surface area (Å²) in [6.45, 7) is 0.116. The fourth-order valence-electron chi connectivity index (χ4n) is 2.04. The van der Waals surface area contributed by atoms with E-state index in [-0.39, 0.29) is 6.61 Å². The Balaban J connectivity index is 2.47. The summed E-state index contributed by atoms with van der Waals surface area (Å²) in [5.74, 6) is 2.96. The average molecular weight is 386 g/mol. The van der Waals surface area contributed by atoms with Crippen LogP contribution in [0, 0.1) is 29.5 Å². The number of hydrogen-bond donors (Lipinski definition) is 0. The third-order valence-corrected chi connectivity index (χ3v) is 3.84. The van der Waals surface area contributed by atoms with Gasteiger partial charge in [0.1, 0.15) is 12.4 Å². The van der Waals surface area contributed by atoms with Crippen molar-refractivity contribution in [2.45, 2.75) is 0 Å². The van der Waals surface area contributed by atoms with E-state index in [1.54, 1.807) is 30.3 Å². The highest BCUT2D eigenvalue weighted by molar-refractivity contribution is 9.10. The van der Waals surface area contributed by atoms with Crippen LogP contribution in [0.15, 0.2) is 40.9 Å². The van der Waals surface area contributed by atoms with E-state index in [1.165, 1.54) is 19.2 Å².